The van der Waals surface area contributed by atoms with Crippen molar-refractivity contribution in [2.75, 3.05) is 4.90 Å². The van der Waals surface area contributed by atoms with Gasteiger partial charge in [-0.15, -0.1) is 10.2 Å². The van der Waals surface area contributed by atoms with Gasteiger partial charge in [0.1, 0.15) is 0 Å². The Balaban J connectivity index is 2.33. The van der Waals surface area contributed by atoms with E-state index in [-0.39, 0.29) is 17.9 Å². The molecule has 0 atom stereocenters. The van der Waals surface area contributed by atoms with Crippen molar-refractivity contribution in [2.24, 2.45) is 5.92 Å². The average Bonchev–Trinajstić information content (AvgIpc) is 2.88. The van der Waals surface area contributed by atoms with E-state index in [9.17, 15) is 4.79 Å². The van der Waals surface area contributed by atoms with Gasteiger partial charge >= 0.3 is 0 Å². The molecule has 0 spiro atoms. The lowest BCUT2D eigenvalue weighted by Crippen LogP contribution is -2.39. The second-order valence-electron chi connectivity index (χ2n) is 5.09. The fourth-order valence-corrected chi connectivity index (χ4v) is 2.74. The van der Waals surface area contributed by atoms with Gasteiger partial charge in [-0.3, -0.25) is 14.7 Å². The second kappa shape index (κ2) is 6.09. The lowest BCUT2D eigenvalue weighted by molar-refractivity contribution is -0.121. The molecule has 0 unspecified atom stereocenters. The zero-order chi connectivity index (χ0) is 14.7. The lowest BCUT2D eigenvalue weighted by atomic mass is 10.2. The molecule has 0 fully saturated rings. The molecule has 0 aliphatic rings. The number of carbonyl (C=O) groups is 1. The minimum Gasteiger partial charge on any atom is -0.284 e. The summed E-state index contributed by atoms with van der Waals surface area (Å²) in [4.78, 5) is 18.1. The van der Waals surface area contributed by atoms with Crippen molar-refractivity contribution >= 4 is 22.4 Å². The Hall–Kier alpha value is -1.82. The molecule has 0 aliphatic carbocycles. The quantitative estimate of drug-likeness (QED) is 0.868. The summed E-state index contributed by atoms with van der Waals surface area (Å²) in [5, 5.41) is 9.74. The fraction of sp³-hybridized carbons (Fsp3) is 0.429. The van der Waals surface area contributed by atoms with E-state index in [2.05, 4.69) is 15.2 Å². The highest BCUT2D eigenvalue weighted by molar-refractivity contribution is 7.18. The maximum atomic E-state index is 12.3. The van der Waals surface area contributed by atoms with Crippen LogP contribution in [0.1, 0.15) is 27.7 Å². The Labute approximate surface area is 122 Å². The van der Waals surface area contributed by atoms with Gasteiger partial charge in [0.25, 0.3) is 0 Å². The van der Waals surface area contributed by atoms with Crippen LogP contribution < -0.4 is 4.90 Å². The fourth-order valence-electron chi connectivity index (χ4n) is 1.77. The summed E-state index contributed by atoms with van der Waals surface area (Å²) in [6, 6.07) is 3.84. The molecule has 0 saturated carbocycles. The number of carbonyl (C=O) groups excluding carboxylic acids is 1. The molecule has 1 amide bonds. The van der Waals surface area contributed by atoms with Crippen LogP contribution in [0.4, 0.5) is 5.13 Å². The van der Waals surface area contributed by atoms with Crippen molar-refractivity contribution < 1.29 is 4.79 Å². The van der Waals surface area contributed by atoms with E-state index in [1.807, 2.05) is 39.8 Å². The van der Waals surface area contributed by atoms with Gasteiger partial charge in [-0.1, -0.05) is 25.2 Å². The molecular formula is C14H18N4OS. The number of anilines is 1. The first-order valence-corrected chi connectivity index (χ1v) is 7.39. The van der Waals surface area contributed by atoms with Gasteiger partial charge in [-0.25, -0.2) is 0 Å². The van der Waals surface area contributed by atoms with Crippen molar-refractivity contribution in [3.8, 4) is 10.6 Å². The highest BCUT2D eigenvalue weighted by Crippen LogP contribution is 2.29. The summed E-state index contributed by atoms with van der Waals surface area (Å²) in [6.45, 7) is 7.73. The zero-order valence-electron chi connectivity index (χ0n) is 12.1. The summed E-state index contributed by atoms with van der Waals surface area (Å²) in [6.07, 6.45) is 3.46. The average molecular weight is 290 g/mol. The monoisotopic (exact) mass is 290 g/mol. The van der Waals surface area contributed by atoms with E-state index in [4.69, 9.17) is 0 Å². The molecule has 0 bridgehead atoms. The predicted molar refractivity (Wildman–Crippen MR) is 80.6 cm³/mol. The second-order valence-corrected chi connectivity index (χ2v) is 6.04. The van der Waals surface area contributed by atoms with Crippen LogP contribution in [0.15, 0.2) is 24.5 Å². The summed E-state index contributed by atoms with van der Waals surface area (Å²) >= 11 is 1.41. The van der Waals surface area contributed by atoms with E-state index in [0.717, 1.165) is 10.6 Å². The molecule has 0 aromatic carbocycles. The number of amides is 1. The van der Waals surface area contributed by atoms with Gasteiger partial charge in [0.2, 0.25) is 11.0 Å². The standard InChI is InChI=1S/C14H18N4OS/c1-9(2)13(19)18(10(3)4)14-17-16-12(20-14)11-6-5-7-15-8-11/h5-10H,1-4H3. The minimum absolute atomic E-state index is 0.0552. The SMILES string of the molecule is CC(C)C(=O)N(c1nnc(-c2cccnc2)s1)C(C)C. The lowest BCUT2D eigenvalue weighted by Gasteiger charge is -2.25. The molecule has 0 radical (unpaired) electrons. The first kappa shape index (κ1) is 14.6. The molecule has 20 heavy (non-hydrogen) atoms. The number of hydrogen-bond acceptors (Lipinski definition) is 5. The van der Waals surface area contributed by atoms with Crippen LogP contribution in [-0.4, -0.2) is 27.1 Å². The van der Waals surface area contributed by atoms with Crippen LogP contribution in [0.5, 0.6) is 0 Å². The van der Waals surface area contributed by atoms with E-state index in [0.29, 0.717) is 5.13 Å². The molecule has 5 nitrogen and oxygen atoms in total. The van der Waals surface area contributed by atoms with Crippen LogP contribution in [0, 0.1) is 5.92 Å². The topological polar surface area (TPSA) is 59.0 Å². The smallest absolute Gasteiger partial charge is 0.231 e. The maximum absolute atomic E-state index is 12.3. The third kappa shape index (κ3) is 3.01. The van der Waals surface area contributed by atoms with Gasteiger partial charge in [0.05, 0.1) is 0 Å². The largest absolute Gasteiger partial charge is 0.284 e. The molecule has 0 aliphatic heterocycles. The predicted octanol–water partition coefficient (Wildman–Crippen LogP) is 3.00. The number of nitrogens with zero attached hydrogens (tertiary/aromatic N) is 4. The Kier molecular flexibility index (Phi) is 4.44. The van der Waals surface area contributed by atoms with Crippen molar-refractivity contribution in [2.45, 2.75) is 33.7 Å². The Morgan fingerprint density at radius 3 is 2.55 bits per heavy atom. The summed E-state index contributed by atoms with van der Waals surface area (Å²) in [7, 11) is 0. The van der Waals surface area contributed by atoms with Crippen molar-refractivity contribution in [3.63, 3.8) is 0 Å². The van der Waals surface area contributed by atoms with Crippen molar-refractivity contribution in [3.05, 3.63) is 24.5 Å². The van der Waals surface area contributed by atoms with Crippen LogP contribution in [0.2, 0.25) is 0 Å². The highest BCUT2D eigenvalue weighted by Gasteiger charge is 2.25. The molecule has 106 valence electrons. The molecular weight excluding hydrogens is 272 g/mol. The maximum Gasteiger partial charge on any atom is 0.231 e. The van der Waals surface area contributed by atoms with Gasteiger partial charge < -0.3 is 0 Å². The Morgan fingerprint density at radius 1 is 1.25 bits per heavy atom. The number of rotatable bonds is 4. The van der Waals surface area contributed by atoms with Gasteiger partial charge in [-0.2, -0.15) is 0 Å². The third-order valence-electron chi connectivity index (χ3n) is 2.78. The van der Waals surface area contributed by atoms with Crippen molar-refractivity contribution in [1.82, 2.24) is 15.2 Å². The van der Waals surface area contributed by atoms with Gasteiger partial charge in [0, 0.05) is 29.9 Å². The molecule has 2 heterocycles. The molecule has 2 aromatic rings. The number of aromatic nitrogens is 3. The highest BCUT2D eigenvalue weighted by atomic mass is 32.1. The third-order valence-corrected chi connectivity index (χ3v) is 3.75. The van der Waals surface area contributed by atoms with E-state index >= 15 is 0 Å². The molecule has 0 N–H and O–H groups in total. The van der Waals surface area contributed by atoms with Crippen LogP contribution in [0.3, 0.4) is 0 Å². The molecule has 2 aromatic heterocycles. The van der Waals surface area contributed by atoms with Gasteiger partial charge in [0.15, 0.2) is 5.01 Å². The number of pyridine rings is 1. The van der Waals surface area contributed by atoms with E-state index in [1.54, 1.807) is 17.3 Å². The van der Waals surface area contributed by atoms with Crippen LogP contribution in [0.25, 0.3) is 10.6 Å². The van der Waals surface area contributed by atoms with E-state index in [1.165, 1.54) is 11.3 Å². The Morgan fingerprint density at radius 2 is 2.00 bits per heavy atom. The first-order valence-electron chi connectivity index (χ1n) is 6.57. The molecule has 0 saturated heterocycles. The van der Waals surface area contributed by atoms with Crippen molar-refractivity contribution in [1.29, 1.82) is 0 Å². The normalized spacial score (nSPS) is 11.1. The van der Waals surface area contributed by atoms with Crippen LogP contribution in [-0.2, 0) is 4.79 Å². The zero-order valence-corrected chi connectivity index (χ0v) is 12.9. The first-order chi connectivity index (χ1) is 9.50. The van der Waals surface area contributed by atoms with E-state index < -0.39 is 0 Å². The summed E-state index contributed by atoms with van der Waals surface area (Å²) < 4.78 is 0. The minimum atomic E-state index is -0.0665. The molecule has 6 heteroatoms. The summed E-state index contributed by atoms with van der Waals surface area (Å²) in [5.74, 6) is -0.00275. The molecule has 2 rings (SSSR count). The Bertz CT molecular complexity index is 580. The summed E-state index contributed by atoms with van der Waals surface area (Å²) in [5.41, 5.74) is 0.914. The van der Waals surface area contributed by atoms with Gasteiger partial charge in [-0.05, 0) is 26.0 Å². The number of hydrogen-bond donors (Lipinski definition) is 0. The van der Waals surface area contributed by atoms with Crippen LogP contribution >= 0.6 is 11.3 Å².